The fourth-order valence-corrected chi connectivity index (χ4v) is 3.23. The maximum atomic E-state index is 13.6. The molecule has 0 radical (unpaired) electrons. The number of anilines is 3. The van der Waals surface area contributed by atoms with Crippen LogP contribution in [0.15, 0.2) is 33.9 Å². The van der Waals surface area contributed by atoms with E-state index in [0.717, 1.165) is 0 Å². The minimum atomic E-state index is -0.719. The number of nitrogens with zero attached hydrogens (tertiary/aromatic N) is 2. The van der Waals surface area contributed by atoms with Gasteiger partial charge in [-0.25, -0.2) is 4.79 Å². The van der Waals surface area contributed by atoms with Crippen LogP contribution in [0.3, 0.4) is 0 Å². The van der Waals surface area contributed by atoms with Crippen molar-refractivity contribution >= 4 is 29.0 Å². The van der Waals surface area contributed by atoms with E-state index in [1.807, 2.05) is 27.7 Å². The molecule has 1 aromatic carbocycles. The number of aromatic nitrogens is 2. The highest BCUT2D eigenvalue weighted by Crippen LogP contribution is 2.23. The second-order valence-corrected chi connectivity index (χ2v) is 10.1. The first kappa shape index (κ1) is 25.9. The number of nitrogens with one attached hydrogen (secondary N) is 2. The molecule has 1 aromatic heterocycles. The van der Waals surface area contributed by atoms with Gasteiger partial charge < -0.3 is 16.0 Å². The van der Waals surface area contributed by atoms with E-state index in [1.54, 1.807) is 45.0 Å². The molecular formula is C24H35N5O4. The van der Waals surface area contributed by atoms with Crippen LogP contribution in [-0.4, -0.2) is 27.9 Å². The largest absolute Gasteiger partial charge is 0.383 e. The molecule has 9 heteroatoms. The zero-order valence-electron chi connectivity index (χ0n) is 20.5. The van der Waals surface area contributed by atoms with E-state index in [1.165, 1.54) is 9.47 Å². The summed E-state index contributed by atoms with van der Waals surface area (Å²) in [5.74, 6) is -0.582. The van der Waals surface area contributed by atoms with Crippen molar-refractivity contribution < 1.29 is 9.59 Å². The van der Waals surface area contributed by atoms with Crippen LogP contribution >= 0.6 is 0 Å². The van der Waals surface area contributed by atoms with Gasteiger partial charge in [-0.05, 0) is 30.0 Å². The Morgan fingerprint density at radius 3 is 2.30 bits per heavy atom. The smallest absolute Gasteiger partial charge is 0.330 e. The van der Waals surface area contributed by atoms with Gasteiger partial charge >= 0.3 is 5.69 Å². The van der Waals surface area contributed by atoms with E-state index in [4.69, 9.17) is 5.73 Å². The summed E-state index contributed by atoms with van der Waals surface area (Å²) >= 11 is 0. The lowest BCUT2D eigenvalue weighted by Gasteiger charge is -2.26. The first-order valence-electron chi connectivity index (χ1n) is 11.1. The molecule has 2 rings (SSSR count). The maximum absolute atomic E-state index is 13.6. The summed E-state index contributed by atoms with van der Waals surface area (Å²) < 4.78 is 1.28. The average molecular weight is 458 g/mol. The Morgan fingerprint density at radius 2 is 1.76 bits per heavy atom. The average Bonchev–Trinajstić information content (AvgIpc) is 2.68. The summed E-state index contributed by atoms with van der Waals surface area (Å²) in [6.45, 7) is 13.6. The van der Waals surface area contributed by atoms with Gasteiger partial charge in [0.2, 0.25) is 5.91 Å². The standard InChI is InChI=1S/C24H35N5O4/c1-14(2)12-28(18-19(25)29(13-15(3)4)23(33)27-20(18)30)21(31)16-9-8-10-17(11-16)26-22(32)24(5,6)7/h8-11,14-15H,12-13,25H2,1-7H3,(H,26,32)(H,27,30,33). The lowest BCUT2D eigenvalue weighted by molar-refractivity contribution is -0.123. The third kappa shape index (κ3) is 6.34. The molecule has 0 fully saturated rings. The van der Waals surface area contributed by atoms with Crippen LogP contribution in [0.4, 0.5) is 17.2 Å². The van der Waals surface area contributed by atoms with Crippen molar-refractivity contribution in [3.63, 3.8) is 0 Å². The van der Waals surface area contributed by atoms with Gasteiger partial charge in [0.25, 0.3) is 11.5 Å². The molecular weight excluding hydrogens is 422 g/mol. The highest BCUT2D eigenvalue weighted by atomic mass is 16.2. The number of hydrogen-bond donors (Lipinski definition) is 3. The molecule has 0 aliphatic heterocycles. The van der Waals surface area contributed by atoms with Gasteiger partial charge in [-0.15, -0.1) is 0 Å². The van der Waals surface area contributed by atoms with E-state index >= 15 is 0 Å². The number of carbonyl (C=O) groups is 2. The highest BCUT2D eigenvalue weighted by Gasteiger charge is 2.27. The SMILES string of the molecule is CC(C)CN(C(=O)c1cccc(NC(=O)C(C)(C)C)c1)c1c(N)n(CC(C)C)c(=O)[nH]c1=O. The molecule has 0 saturated heterocycles. The van der Waals surface area contributed by atoms with Crippen molar-refractivity contribution in [1.82, 2.24) is 9.55 Å². The lowest BCUT2D eigenvalue weighted by Crippen LogP contribution is -2.43. The number of hydrogen-bond acceptors (Lipinski definition) is 5. The first-order valence-corrected chi connectivity index (χ1v) is 11.1. The second-order valence-electron chi connectivity index (χ2n) is 10.1. The Labute approximate surface area is 194 Å². The Bertz CT molecular complexity index is 1140. The molecule has 0 aliphatic carbocycles. The van der Waals surface area contributed by atoms with Crippen molar-refractivity contribution in [2.75, 3.05) is 22.5 Å². The summed E-state index contributed by atoms with van der Waals surface area (Å²) in [6, 6.07) is 6.52. The Kier molecular flexibility index (Phi) is 7.89. The normalized spacial score (nSPS) is 11.7. The van der Waals surface area contributed by atoms with E-state index in [-0.39, 0.29) is 41.4 Å². The van der Waals surface area contributed by atoms with Gasteiger partial charge in [0, 0.05) is 29.8 Å². The molecule has 0 aliphatic rings. The van der Waals surface area contributed by atoms with E-state index in [2.05, 4.69) is 10.3 Å². The summed E-state index contributed by atoms with van der Waals surface area (Å²) in [5, 5.41) is 2.81. The number of nitrogens with two attached hydrogens (primary N) is 1. The fraction of sp³-hybridized carbons (Fsp3) is 0.500. The van der Waals surface area contributed by atoms with Crippen LogP contribution in [0.1, 0.15) is 58.8 Å². The number of carbonyl (C=O) groups excluding carboxylic acids is 2. The minimum Gasteiger partial charge on any atom is -0.383 e. The molecule has 2 aromatic rings. The second kappa shape index (κ2) is 10.1. The number of aromatic amines is 1. The summed E-state index contributed by atoms with van der Waals surface area (Å²) in [5.41, 5.74) is 5.02. The Hall–Kier alpha value is -3.36. The van der Waals surface area contributed by atoms with Gasteiger partial charge in [0.05, 0.1) is 0 Å². The van der Waals surface area contributed by atoms with Gasteiger partial charge in [0.1, 0.15) is 5.82 Å². The van der Waals surface area contributed by atoms with Crippen LogP contribution in [-0.2, 0) is 11.3 Å². The Morgan fingerprint density at radius 1 is 1.12 bits per heavy atom. The van der Waals surface area contributed by atoms with E-state index < -0.39 is 22.6 Å². The molecule has 0 unspecified atom stereocenters. The van der Waals surface area contributed by atoms with Crippen LogP contribution < -0.4 is 27.2 Å². The van der Waals surface area contributed by atoms with Gasteiger partial charge in [-0.1, -0.05) is 54.5 Å². The van der Waals surface area contributed by atoms with Crippen molar-refractivity contribution in [3.8, 4) is 0 Å². The number of amides is 2. The first-order chi connectivity index (χ1) is 15.2. The van der Waals surface area contributed by atoms with E-state index in [0.29, 0.717) is 12.2 Å². The van der Waals surface area contributed by atoms with Gasteiger partial charge in [-0.3, -0.25) is 23.9 Å². The highest BCUT2D eigenvalue weighted by molar-refractivity contribution is 6.08. The number of rotatable bonds is 7. The topological polar surface area (TPSA) is 130 Å². The zero-order valence-corrected chi connectivity index (χ0v) is 20.5. The number of benzene rings is 1. The minimum absolute atomic E-state index is 0.0157. The molecule has 1 heterocycles. The molecule has 0 bridgehead atoms. The predicted molar refractivity (Wildman–Crippen MR) is 132 cm³/mol. The van der Waals surface area contributed by atoms with Crippen LogP contribution in [0.2, 0.25) is 0 Å². The number of H-pyrrole nitrogens is 1. The molecule has 0 saturated carbocycles. The summed E-state index contributed by atoms with van der Waals surface area (Å²) in [7, 11) is 0. The molecule has 0 spiro atoms. The Balaban J connectivity index is 2.56. The third-order valence-electron chi connectivity index (χ3n) is 4.87. The van der Waals surface area contributed by atoms with Crippen molar-refractivity contribution in [3.05, 3.63) is 50.7 Å². The zero-order chi connectivity index (χ0) is 25.1. The maximum Gasteiger partial charge on any atom is 0.330 e. The van der Waals surface area contributed by atoms with Crippen LogP contribution in [0, 0.1) is 17.3 Å². The predicted octanol–water partition coefficient (Wildman–Crippen LogP) is 3.06. The molecule has 0 atom stereocenters. The quantitative estimate of drug-likeness (QED) is 0.588. The lowest BCUT2D eigenvalue weighted by atomic mass is 9.95. The van der Waals surface area contributed by atoms with Gasteiger partial charge in [-0.2, -0.15) is 0 Å². The van der Waals surface area contributed by atoms with Gasteiger partial charge in [0.15, 0.2) is 5.69 Å². The monoisotopic (exact) mass is 457 g/mol. The molecule has 9 nitrogen and oxygen atoms in total. The molecule has 33 heavy (non-hydrogen) atoms. The van der Waals surface area contributed by atoms with Crippen molar-refractivity contribution in [2.24, 2.45) is 17.3 Å². The molecule has 4 N–H and O–H groups in total. The van der Waals surface area contributed by atoms with Crippen molar-refractivity contribution in [1.29, 1.82) is 0 Å². The van der Waals surface area contributed by atoms with Crippen LogP contribution in [0.5, 0.6) is 0 Å². The van der Waals surface area contributed by atoms with Crippen LogP contribution in [0.25, 0.3) is 0 Å². The molecule has 2 amide bonds. The number of nitrogen functional groups attached to an aromatic ring is 1. The summed E-state index contributed by atoms with van der Waals surface area (Å²) in [6.07, 6.45) is 0. The third-order valence-corrected chi connectivity index (χ3v) is 4.87. The summed E-state index contributed by atoms with van der Waals surface area (Å²) in [4.78, 5) is 54.6. The van der Waals surface area contributed by atoms with Crippen molar-refractivity contribution in [2.45, 2.75) is 55.0 Å². The fourth-order valence-electron chi connectivity index (χ4n) is 3.23. The molecule has 180 valence electrons. The van der Waals surface area contributed by atoms with E-state index in [9.17, 15) is 19.2 Å².